The van der Waals surface area contributed by atoms with Gasteiger partial charge in [-0.1, -0.05) is 32.0 Å². The molecule has 1 aromatic carbocycles. The molecule has 1 N–H and O–H groups in total. The van der Waals surface area contributed by atoms with E-state index in [-0.39, 0.29) is 23.6 Å². The van der Waals surface area contributed by atoms with Crippen molar-refractivity contribution in [2.24, 2.45) is 0 Å². The molecule has 1 unspecified atom stereocenters. The summed E-state index contributed by atoms with van der Waals surface area (Å²) in [6.45, 7) is 5.21. The monoisotopic (exact) mass is 420 g/mol. The maximum absolute atomic E-state index is 14.6. The van der Waals surface area contributed by atoms with Gasteiger partial charge in [-0.3, -0.25) is 9.78 Å². The van der Waals surface area contributed by atoms with Gasteiger partial charge in [0, 0.05) is 48.2 Å². The van der Waals surface area contributed by atoms with Crippen LogP contribution in [-0.4, -0.2) is 34.1 Å². The maximum Gasteiger partial charge on any atom is 0.258 e. The number of hydrogen-bond acceptors (Lipinski definition) is 5. The molecule has 160 valence electrons. The van der Waals surface area contributed by atoms with E-state index in [0.29, 0.717) is 47.1 Å². The predicted octanol–water partition coefficient (Wildman–Crippen LogP) is 4.95. The summed E-state index contributed by atoms with van der Waals surface area (Å²) < 4.78 is 20.3. The summed E-state index contributed by atoms with van der Waals surface area (Å²) in [7, 11) is 0. The van der Waals surface area contributed by atoms with Crippen LogP contribution in [0.3, 0.4) is 0 Å². The number of amides is 1. The number of ether oxygens (including phenoxy) is 1. The van der Waals surface area contributed by atoms with Crippen LogP contribution in [0.4, 0.5) is 10.1 Å². The van der Waals surface area contributed by atoms with Crippen molar-refractivity contribution in [2.75, 3.05) is 18.5 Å². The minimum Gasteiger partial charge on any atom is -0.381 e. The van der Waals surface area contributed by atoms with Crippen LogP contribution in [0, 0.1) is 5.82 Å². The number of carbonyl (C=O) groups excluding carboxylic acids is 1. The van der Waals surface area contributed by atoms with Gasteiger partial charge in [0.25, 0.3) is 5.91 Å². The quantitative estimate of drug-likeness (QED) is 0.632. The Morgan fingerprint density at radius 3 is 2.58 bits per heavy atom. The summed E-state index contributed by atoms with van der Waals surface area (Å²) in [6, 6.07) is 8.24. The van der Waals surface area contributed by atoms with Crippen molar-refractivity contribution in [2.45, 2.75) is 38.5 Å². The Morgan fingerprint density at radius 2 is 1.90 bits per heavy atom. The van der Waals surface area contributed by atoms with Crippen LogP contribution in [-0.2, 0) is 4.74 Å². The largest absolute Gasteiger partial charge is 0.381 e. The molecule has 0 aliphatic carbocycles. The molecule has 1 aliphatic rings. The predicted molar refractivity (Wildman–Crippen MR) is 116 cm³/mol. The zero-order chi connectivity index (χ0) is 21.8. The van der Waals surface area contributed by atoms with Crippen molar-refractivity contribution in [1.29, 1.82) is 0 Å². The topological polar surface area (TPSA) is 77.0 Å². The second-order valence-electron chi connectivity index (χ2n) is 7.95. The lowest BCUT2D eigenvalue weighted by Gasteiger charge is -2.25. The van der Waals surface area contributed by atoms with Crippen LogP contribution in [0.2, 0.25) is 0 Å². The lowest BCUT2D eigenvalue weighted by Crippen LogP contribution is -2.21. The number of nitrogens with zero attached hydrogens (tertiary/aromatic N) is 3. The molecule has 0 saturated carbocycles. The molecular weight excluding hydrogens is 395 g/mol. The van der Waals surface area contributed by atoms with Gasteiger partial charge < -0.3 is 10.1 Å². The van der Waals surface area contributed by atoms with Gasteiger partial charge >= 0.3 is 0 Å². The number of anilines is 1. The Kier molecular flexibility index (Phi) is 6.32. The minimum atomic E-state index is -0.362. The molecule has 4 rings (SSSR count). The molecule has 1 atom stereocenters. The van der Waals surface area contributed by atoms with E-state index < -0.39 is 0 Å². The third kappa shape index (κ3) is 4.61. The molecule has 0 radical (unpaired) electrons. The first kappa shape index (κ1) is 21.1. The summed E-state index contributed by atoms with van der Waals surface area (Å²) in [5.41, 5.74) is 2.53. The second kappa shape index (κ2) is 9.31. The van der Waals surface area contributed by atoms with Crippen molar-refractivity contribution >= 4 is 11.6 Å². The highest BCUT2D eigenvalue weighted by Gasteiger charge is 2.25. The Bertz CT molecular complexity index is 1060. The van der Waals surface area contributed by atoms with Gasteiger partial charge in [-0.2, -0.15) is 0 Å². The smallest absolute Gasteiger partial charge is 0.258 e. The molecule has 0 bridgehead atoms. The molecule has 1 aliphatic heterocycles. The number of nitrogens with one attached hydrogen (secondary N) is 1. The van der Waals surface area contributed by atoms with Crippen molar-refractivity contribution in [3.63, 3.8) is 0 Å². The van der Waals surface area contributed by atoms with E-state index in [4.69, 9.17) is 4.74 Å². The van der Waals surface area contributed by atoms with Gasteiger partial charge in [-0.05, 0) is 25.0 Å². The number of rotatable bonds is 5. The molecule has 3 heterocycles. The zero-order valence-corrected chi connectivity index (χ0v) is 17.6. The summed E-state index contributed by atoms with van der Waals surface area (Å²) >= 11 is 0. The van der Waals surface area contributed by atoms with Crippen molar-refractivity contribution in [3.05, 3.63) is 71.8 Å². The van der Waals surface area contributed by atoms with Gasteiger partial charge in [-0.25, -0.2) is 14.4 Å². The summed E-state index contributed by atoms with van der Waals surface area (Å²) in [5, 5.41) is 2.96. The Labute approximate surface area is 180 Å². The average Bonchev–Trinajstić information content (AvgIpc) is 2.80. The van der Waals surface area contributed by atoms with E-state index in [1.807, 2.05) is 13.8 Å². The van der Waals surface area contributed by atoms with Crippen molar-refractivity contribution in [1.82, 2.24) is 15.0 Å². The van der Waals surface area contributed by atoms with Gasteiger partial charge in [0.05, 0.1) is 23.6 Å². The normalized spacial score (nSPS) is 16.3. The molecule has 7 heteroatoms. The standard InChI is InChI=1S/C24H25FN4O2/c1-15(2)23-27-12-17(13-28-23)24(30)29-22-19(18-7-3-4-8-20(18)25)9-10-26-21(22)16-6-5-11-31-14-16/h3-4,7-10,12-13,15-16H,5-6,11,14H2,1-2H3,(H,29,30). The number of aromatic nitrogens is 3. The van der Waals surface area contributed by atoms with Gasteiger partial charge in [0.2, 0.25) is 0 Å². The molecule has 31 heavy (non-hydrogen) atoms. The number of pyridine rings is 1. The fraction of sp³-hybridized carbons (Fsp3) is 0.333. The van der Waals surface area contributed by atoms with Crippen LogP contribution in [0.15, 0.2) is 48.9 Å². The van der Waals surface area contributed by atoms with E-state index >= 15 is 0 Å². The van der Waals surface area contributed by atoms with E-state index in [0.717, 1.165) is 12.8 Å². The first-order chi connectivity index (χ1) is 15.0. The van der Waals surface area contributed by atoms with Gasteiger partial charge in [0.15, 0.2) is 0 Å². The molecule has 3 aromatic rings. The van der Waals surface area contributed by atoms with Gasteiger partial charge in [0.1, 0.15) is 11.6 Å². The Morgan fingerprint density at radius 1 is 1.13 bits per heavy atom. The van der Waals surface area contributed by atoms with E-state index in [1.54, 1.807) is 30.5 Å². The van der Waals surface area contributed by atoms with Crippen molar-refractivity contribution in [3.8, 4) is 11.1 Å². The maximum atomic E-state index is 14.6. The van der Waals surface area contributed by atoms with E-state index in [9.17, 15) is 9.18 Å². The third-order valence-electron chi connectivity index (χ3n) is 5.38. The fourth-order valence-corrected chi connectivity index (χ4v) is 3.72. The lowest BCUT2D eigenvalue weighted by atomic mass is 9.93. The third-order valence-corrected chi connectivity index (χ3v) is 5.38. The Hall–Kier alpha value is -3.19. The second-order valence-corrected chi connectivity index (χ2v) is 7.95. The van der Waals surface area contributed by atoms with Crippen molar-refractivity contribution < 1.29 is 13.9 Å². The number of benzene rings is 1. The van der Waals surface area contributed by atoms with Crippen LogP contribution in [0.5, 0.6) is 0 Å². The first-order valence-electron chi connectivity index (χ1n) is 10.5. The highest BCUT2D eigenvalue weighted by Crippen LogP contribution is 2.37. The van der Waals surface area contributed by atoms with Crippen LogP contribution in [0.1, 0.15) is 60.4 Å². The number of halogens is 1. The SMILES string of the molecule is CC(C)c1ncc(C(=O)Nc2c(-c3ccccc3F)ccnc2C2CCCOC2)cn1. The Balaban J connectivity index is 1.74. The first-order valence-corrected chi connectivity index (χ1v) is 10.5. The van der Waals surface area contributed by atoms with E-state index in [1.165, 1.54) is 18.5 Å². The highest BCUT2D eigenvalue weighted by atomic mass is 19.1. The lowest BCUT2D eigenvalue weighted by molar-refractivity contribution is 0.0794. The molecule has 1 fully saturated rings. The molecule has 2 aromatic heterocycles. The molecule has 1 saturated heterocycles. The zero-order valence-electron chi connectivity index (χ0n) is 17.6. The minimum absolute atomic E-state index is 0.0235. The van der Waals surface area contributed by atoms with Crippen LogP contribution in [0.25, 0.3) is 11.1 Å². The molecule has 0 spiro atoms. The van der Waals surface area contributed by atoms with Gasteiger partial charge in [-0.15, -0.1) is 0 Å². The average molecular weight is 420 g/mol. The van der Waals surface area contributed by atoms with Crippen LogP contribution < -0.4 is 5.32 Å². The fourth-order valence-electron chi connectivity index (χ4n) is 3.72. The molecular formula is C24H25FN4O2. The number of hydrogen-bond donors (Lipinski definition) is 1. The number of carbonyl (C=O) groups is 1. The molecule has 1 amide bonds. The summed E-state index contributed by atoms with van der Waals surface area (Å²) in [5.74, 6) is 0.139. The highest BCUT2D eigenvalue weighted by molar-refractivity contribution is 6.06. The summed E-state index contributed by atoms with van der Waals surface area (Å²) in [6.07, 6.45) is 6.49. The molecule has 6 nitrogen and oxygen atoms in total. The summed E-state index contributed by atoms with van der Waals surface area (Å²) in [4.78, 5) is 26.2. The van der Waals surface area contributed by atoms with E-state index in [2.05, 4.69) is 20.3 Å². The van der Waals surface area contributed by atoms with Crippen LogP contribution >= 0.6 is 0 Å².